The summed E-state index contributed by atoms with van der Waals surface area (Å²) in [4.78, 5) is 10.8. The van der Waals surface area contributed by atoms with Gasteiger partial charge in [0.2, 0.25) is 0 Å². The average Bonchev–Trinajstić information content (AvgIpc) is 2.44. The van der Waals surface area contributed by atoms with Gasteiger partial charge in [-0.2, -0.15) is 0 Å². The number of hydrogen-bond donors (Lipinski definition) is 1. The first-order valence-electron chi connectivity index (χ1n) is 5.41. The number of hydrogen-bond acceptors (Lipinski definition) is 2. The fourth-order valence-corrected chi connectivity index (χ4v) is 3.13. The van der Waals surface area contributed by atoms with Crippen molar-refractivity contribution in [1.29, 1.82) is 0 Å². The molecular formula is C12H18O2. The molecule has 1 N–H and O–H groups in total. The van der Waals surface area contributed by atoms with E-state index in [1.54, 1.807) is 0 Å². The van der Waals surface area contributed by atoms with Gasteiger partial charge in [-0.15, -0.1) is 0 Å². The van der Waals surface area contributed by atoms with Gasteiger partial charge in [-0.1, -0.05) is 19.9 Å². The summed E-state index contributed by atoms with van der Waals surface area (Å²) in [5.41, 5.74) is 1.08. The Morgan fingerprint density at radius 2 is 2.29 bits per heavy atom. The van der Waals surface area contributed by atoms with E-state index in [0.29, 0.717) is 11.8 Å². The zero-order valence-electron chi connectivity index (χ0n) is 8.86. The van der Waals surface area contributed by atoms with Crippen LogP contribution in [0.4, 0.5) is 0 Å². The quantitative estimate of drug-likeness (QED) is 0.648. The Labute approximate surface area is 85.0 Å². The first-order chi connectivity index (χ1) is 6.56. The minimum atomic E-state index is -0.164. The fourth-order valence-electron chi connectivity index (χ4n) is 3.13. The van der Waals surface area contributed by atoms with Gasteiger partial charge in [-0.3, -0.25) is 4.79 Å². The molecule has 1 fully saturated rings. The second kappa shape index (κ2) is 3.20. The summed E-state index contributed by atoms with van der Waals surface area (Å²) in [6, 6.07) is 0. The molecule has 2 rings (SSSR count). The number of carbonyl (C=O) groups excluding carboxylic acids is 1. The van der Waals surface area contributed by atoms with Crippen LogP contribution in [-0.2, 0) is 4.79 Å². The van der Waals surface area contributed by atoms with Crippen LogP contribution < -0.4 is 0 Å². The van der Waals surface area contributed by atoms with Crippen LogP contribution in [0.3, 0.4) is 0 Å². The number of aliphatic hydroxyl groups excluding tert-OH is 1. The molecule has 0 aromatic carbocycles. The molecule has 0 spiro atoms. The third-order valence-electron chi connectivity index (χ3n) is 4.25. The maximum Gasteiger partial charge on any atom is 0.145 e. The lowest BCUT2D eigenvalue weighted by atomic mass is 9.63. The molecule has 0 radical (unpaired) electrons. The van der Waals surface area contributed by atoms with Crippen LogP contribution in [0.2, 0.25) is 0 Å². The Bertz CT molecular complexity index is 282. The van der Waals surface area contributed by atoms with Crippen molar-refractivity contribution >= 4 is 6.29 Å². The van der Waals surface area contributed by atoms with Crippen LogP contribution in [0.25, 0.3) is 0 Å². The van der Waals surface area contributed by atoms with Crippen molar-refractivity contribution in [2.45, 2.75) is 39.2 Å². The zero-order valence-corrected chi connectivity index (χ0v) is 8.86. The third-order valence-corrected chi connectivity index (χ3v) is 4.25. The Morgan fingerprint density at radius 1 is 1.57 bits per heavy atom. The predicted molar refractivity (Wildman–Crippen MR) is 54.8 cm³/mol. The Hall–Kier alpha value is -0.630. The summed E-state index contributed by atoms with van der Waals surface area (Å²) < 4.78 is 0. The van der Waals surface area contributed by atoms with E-state index in [1.807, 2.05) is 0 Å². The van der Waals surface area contributed by atoms with E-state index in [9.17, 15) is 9.90 Å². The summed E-state index contributed by atoms with van der Waals surface area (Å²) >= 11 is 0. The minimum Gasteiger partial charge on any atom is -0.393 e. The van der Waals surface area contributed by atoms with Gasteiger partial charge < -0.3 is 5.11 Å². The highest BCUT2D eigenvalue weighted by atomic mass is 16.3. The van der Waals surface area contributed by atoms with Crippen LogP contribution in [-0.4, -0.2) is 17.5 Å². The van der Waals surface area contributed by atoms with Gasteiger partial charge in [-0.25, -0.2) is 0 Å². The van der Waals surface area contributed by atoms with Crippen molar-refractivity contribution in [2.75, 3.05) is 0 Å². The lowest BCUT2D eigenvalue weighted by molar-refractivity contribution is -0.105. The highest BCUT2D eigenvalue weighted by Gasteiger charge is 2.46. The molecule has 2 heteroatoms. The van der Waals surface area contributed by atoms with E-state index < -0.39 is 0 Å². The van der Waals surface area contributed by atoms with Gasteiger partial charge >= 0.3 is 0 Å². The molecule has 78 valence electrons. The zero-order chi connectivity index (χ0) is 10.3. The van der Waals surface area contributed by atoms with Gasteiger partial charge in [0, 0.05) is 0 Å². The Balaban J connectivity index is 2.27. The maximum atomic E-state index is 10.8. The van der Waals surface area contributed by atoms with Crippen molar-refractivity contribution in [1.82, 2.24) is 0 Å². The molecular weight excluding hydrogens is 176 g/mol. The monoisotopic (exact) mass is 194 g/mol. The second-order valence-corrected chi connectivity index (χ2v) is 5.13. The first-order valence-corrected chi connectivity index (χ1v) is 5.41. The van der Waals surface area contributed by atoms with Gasteiger partial charge in [0.05, 0.1) is 6.10 Å². The Kier molecular flexibility index (Phi) is 2.26. The van der Waals surface area contributed by atoms with Crippen molar-refractivity contribution in [2.24, 2.45) is 17.3 Å². The lowest BCUT2D eigenvalue weighted by Crippen LogP contribution is -2.38. The molecule has 0 aromatic heterocycles. The van der Waals surface area contributed by atoms with Crippen LogP contribution >= 0.6 is 0 Å². The molecule has 4 unspecified atom stereocenters. The van der Waals surface area contributed by atoms with Crippen LogP contribution in [0.1, 0.15) is 33.1 Å². The highest BCUT2D eigenvalue weighted by molar-refractivity contribution is 5.74. The number of aliphatic hydroxyl groups is 1. The minimum absolute atomic E-state index is 0.148. The number of allylic oxidation sites excluding steroid dienone is 2. The van der Waals surface area contributed by atoms with Crippen molar-refractivity contribution in [3.05, 3.63) is 11.6 Å². The first kappa shape index (κ1) is 9.91. The largest absolute Gasteiger partial charge is 0.393 e. The van der Waals surface area contributed by atoms with E-state index >= 15 is 0 Å². The SMILES string of the molecule is CC1CC(O)CC2CC(C=O)=CC12C. The average molecular weight is 194 g/mol. The molecule has 2 nitrogen and oxygen atoms in total. The maximum absolute atomic E-state index is 10.8. The van der Waals surface area contributed by atoms with Crippen molar-refractivity contribution in [3.63, 3.8) is 0 Å². The van der Waals surface area contributed by atoms with E-state index in [1.165, 1.54) is 0 Å². The number of fused-ring (bicyclic) bond motifs is 1. The summed E-state index contributed by atoms with van der Waals surface area (Å²) in [5.74, 6) is 0.954. The van der Waals surface area contributed by atoms with Crippen molar-refractivity contribution < 1.29 is 9.90 Å². The number of aldehydes is 1. The molecule has 0 saturated heterocycles. The Morgan fingerprint density at radius 3 is 2.93 bits per heavy atom. The number of rotatable bonds is 1. The van der Waals surface area contributed by atoms with E-state index in [4.69, 9.17) is 0 Å². The van der Waals surface area contributed by atoms with Crippen LogP contribution in [0.15, 0.2) is 11.6 Å². The molecule has 0 aromatic rings. The molecule has 14 heavy (non-hydrogen) atoms. The summed E-state index contributed by atoms with van der Waals surface area (Å²) in [7, 11) is 0. The molecule has 1 saturated carbocycles. The predicted octanol–water partition coefficient (Wildman–Crippen LogP) is 1.93. The highest BCUT2D eigenvalue weighted by Crippen LogP contribution is 2.52. The molecule has 4 atom stereocenters. The van der Waals surface area contributed by atoms with E-state index in [0.717, 1.165) is 31.1 Å². The molecule has 0 aliphatic heterocycles. The summed E-state index contributed by atoms with van der Waals surface area (Å²) in [6.07, 6.45) is 5.54. The van der Waals surface area contributed by atoms with E-state index in [2.05, 4.69) is 19.9 Å². The lowest BCUT2D eigenvalue weighted by Gasteiger charge is -2.43. The van der Waals surface area contributed by atoms with E-state index in [-0.39, 0.29) is 11.5 Å². The summed E-state index contributed by atoms with van der Waals surface area (Å²) in [6.45, 7) is 4.41. The van der Waals surface area contributed by atoms with Gasteiger partial charge in [0.15, 0.2) is 0 Å². The molecule has 0 heterocycles. The smallest absolute Gasteiger partial charge is 0.145 e. The molecule has 0 amide bonds. The number of carbonyl (C=O) groups is 1. The molecule has 2 aliphatic carbocycles. The van der Waals surface area contributed by atoms with Crippen molar-refractivity contribution in [3.8, 4) is 0 Å². The topological polar surface area (TPSA) is 37.3 Å². The fraction of sp³-hybridized carbons (Fsp3) is 0.750. The second-order valence-electron chi connectivity index (χ2n) is 5.13. The molecule has 0 bridgehead atoms. The van der Waals surface area contributed by atoms with Gasteiger partial charge in [0.25, 0.3) is 0 Å². The van der Waals surface area contributed by atoms with Crippen LogP contribution in [0, 0.1) is 17.3 Å². The summed E-state index contributed by atoms with van der Waals surface area (Å²) in [5, 5.41) is 9.69. The standard InChI is InChI=1S/C12H18O2/c1-8-3-11(14)5-10-4-9(7-13)6-12(8,10)2/h6-8,10-11,14H,3-5H2,1-2H3. The third kappa shape index (κ3) is 1.33. The normalized spacial score (nSPS) is 47.1. The van der Waals surface area contributed by atoms with Crippen LogP contribution in [0.5, 0.6) is 0 Å². The van der Waals surface area contributed by atoms with Gasteiger partial charge in [0.1, 0.15) is 6.29 Å². The molecule has 2 aliphatic rings. The van der Waals surface area contributed by atoms with Gasteiger partial charge in [-0.05, 0) is 42.1 Å².